The van der Waals surface area contributed by atoms with Crippen molar-refractivity contribution in [3.05, 3.63) is 21.3 Å². The predicted octanol–water partition coefficient (Wildman–Crippen LogP) is 2.44. The third-order valence-corrected chi connectivity index (χ3v) is 7.22. The van der Waals surface area contributed by atoms with Gasteiger partial charge < -0.3 is 0 Å². The van der Waals surface area contributed by atoms with Gasteiger partial charge in [-0.25, -0.2) is 8.42 Å². The second kappa shape index (κ2) is 7.47. The highest BCUT2D eigenvalue weighted by molar-refractivity contribution is 7.89. The van der Waals surface area contributed by atoms with E-state index >= 15 is 0 Å². The number of carbonyl (C=O) groups is 1. The number of hydrogen-bond donors (Lipinski definition) is 1. The van der Waals surface area contributed by atoms with E-state index in [1.807, 2.05) is 6.92 Å². The molecule has 0 saturated heterocycles. The van der Waals surface area contributed by atoms with Crippen LogP contribution in [0.25, 0.3) is 0 Å². The molecule has 0 unspecified atom stereocenters. The molecule has 0 saturated carbocycles. The van der Waals surface area contributed by atoms with E-state index in [0.29, 0.717) is 23.1 Å². The summed E-state index contributed by atoms with van der Waals surface area (Å²) in [5.74, 6) is -0.380. The van der Waals surface area contributed by atoms with Crippen LogP contribution in [-0.2, 0) is 16.4 Å². The van der Waals surface area contributed by atoms with E-state index < -0.39 is 10.0 Å². The topological polar surface area (TPSA) is 92.3 Å². The minimum absolute atomic E-state index is 0.142. The lowest BCUT2D eigenvalue weighted by Crippen LogP contribution is -2.30. The van der Waals surface area contributed by atoms with E-state index in [1.54, 1.807) is 13.8 Å². The van der Waals surface area contributed by atoms with Crippen molar-refractivity contribution in [2.45, 2.75) is 32.1 Å². The van der Waals surface area contributed by atoms with Gasteiger partial charge in [-0.2, -0.15) is 4.31 Å². The lowest BCUT2D eigenvalue weighted by atomic mass is 10.4. The monoisotopic (exact) mass is 374 g/mol. The fourth-order valence-corrected chi connectivity index (χ4v) is 5.18. The van der Waals surface area contributed by atoms with Gasteiger partial charge in [0, 0.05) is 18.5 Å². The summed E-state index contributed by atoms with van der Waals surface area (Å²) in [5.41, 5.74) is 0. The molecule has 7 nitrogen and oxygen atoms in total. The average molecular weight is 375 g/mol. The molecule has 1 amide bonds. The predicted molar refractivity (Wildman–Crippen MR) is 91.7 cm³/mol. The van der Waals surface area contributed by atoms with Crippen molar-refractivity contribution < 1.29 is 13.2 Å². The summed E-state index contributed by atoms with van der Waals surface area (Å²) < 4.78 is 26.2. The van der Waals surface area contributed by atoms with Gasteiger partial charge in [0.25, 0.3) is 5.91 Å². The van der Waals surface area contributed by atoms with E-state index in [1.165, 1.54) is 27.1 Å². The van der Waals surface area contributed by atoms with Gasteiger partial charge in [-0.3, -0.25) is 10.1 Å². The molecule has 126 valence electrons. The van der Waals surface area contributed by atoms with Crippen LogP contribution in [0.1, 0.15) is 35.5 Å². The summed E-state index contributed by atoms with van der Waals surface area (Å²) in [6.45, 7) is 6.29. The van der Waals surface area contributed by atoms with E-state index in [9.17, 15) is 13.2 Å². The van der Waals surface area contributed by atoms with Crippen LogP contribution in [0.2, 0.25) is 0 Å². The van der Waals surface area contributed by atoms with Crippen LogP contribution >= 0.6 is 22.7 Å². The second-order valence-electron chi connectivity index (χ2n) is 4.54. The number of hydrogen-bond acceptors (Lipinski definition) is 7. The second-order valence-corrected chi connectivity index (χ2v) is 8.46. The molecule has 23 heavy (non-hydrogen) atoms. The molecular weight excluding hydrogens is 356 g/mol. The number of sulfonamides is 1. The Kier molecular flexibility index (Phi) is 5.84. The molecule has 0 aliphatic rings. The Hall–Kier alpha value is -1.36. The maximum atomic E-state index is 12.4. The number of amides is 1. The summed E-state index contributed by atoms with van der Waals surface area (Å²) in [4.78, 5) is 12.7. The smallest absolute Gasteiger partial charge is 0.267 e. The third kappa shape index (κ3) is 3.94. The molecule has 0 aliphatic heterocycles. The summed E-state index contributed by atoms with van der Waals surface area (Å²) in [5, 5.41) is 13.2. The van der Waals surface area contributed by atoms with Crippen molar-refractivity contribution in [3.63, 3.8) is 0 Å². The number of rotatable bonds is 7. The van der Waals surface area contributed by atoms with Crippen LogP contribution in [0.15, 0.2) is 16.3 Å². The fraction of sp³-hybridized carbons (Fsp3) is 0.462. The molecule has 0 radical (unpaired) electrons. The number of carbonyl (C=O) groups excluding carboxylic acids is 1. The molecule has 2 aromatic heterocycles. The molecule has 2 rings (SSSR count). The number of aromatic nitrogens is 2. The van der Waals surface area contributed by atoms with Crippen molar-refractivity contribution in [1.29, 1.82) is 0 Å². The van der Waals surface area contributed by atoms with Gasteiger partial charge in [0.05, 0.1) is 9.77 Å². The first-order valence-corrected chi connectivity index (χ1v) is 10.3. The van der Waals surface area contributed by atoms with E-state index in [4.69, 9.17) is 0 Å². The van der Waals surface area contributed by atoms with Gasteiger partial charge in [0.1, 0.15) is 5.01 Å². The molecule has 0 aliphatic carbocycles. The van der Waals surface area contributed by atoms with Crippen LogP contribution in [0.5, 0.6) is 0 Å². The van der Waals surface area contributed by atoms with E-state index in [-0.39, 0.29) is 10.8 Å². The Labute approximate surface area is 143 Å². The molecule has 0 spiro atoms. The van der Waals surface area contributed by atoms with Gasteiger partial charge in [-0.1, -0.05) is 32.1 Å². The zero-order valence-electron chi connectivity index (χ0n) is 13.1. The summed E-state index contributed by atoms with van der Waals surface area (Å²) in [6, 6.07) is 1.40. The molecular formula is C13H18N4O3S3. The molecule has 0 aromatic carbocycles. The zero-order valence-corrected chi connectivity index (χ0v) is 15.5. The van der Waals surface area contributed by atoms with Gasteiger partial charge in [-0.05, 0) is 12.5 Å². The number of anilines is 1. The Morgan fingerprint density at radius 1 is 1.26 bits per heavy atom. The number of aryl methyl sites for hydroxylation is 1. The minimum atomic E-state index is -3.55. The Bertz CT molecular complexity index is 778. The largest absolute Gasteiger partial charge is 0.296 e. The highest BCUT2D eigenvalue weighted by Crippen LogP contribution is 2.24. The SMILES string of the molecule is CCc1nnc(NC(=O)c2cc(S(=O)(=O)N(CC)CC)cs2)s1. The lowest BCUT2D eigenvalue weighted by Gasteiger charge is -2.17. The minimum Gasteiger partial charge on any atom is -0.296 e. The molecule has 1 N–H and O–H groups in total. The molecule has 0 atom stereocenters. The Morgan fingerprint density at radius 3 is 2.52 bits per heavy atom. The molecule has 10 heteroatoms. The molecule has 0 fully saturated rings. The van der Waals surface area contributed by atoms with Crippen LogP contribution in [0, 0.1) is 0 Å². The van der Waals surface area contributed by atoms with Crippen molar-refractivity contribution in [3.8, 4) is 0 Å². The van der Waals surface area contributed by atoms with Crippen molar-refractivity contribution in [1.82, 2.24) is 14.5 Å². The highest BCUT2D eigenvalue weighted by atomic mass is 32.2. The maximum absolute atomic E-state index is 12.4. The van der Waals surface area contributed by atoms with Gasteiger partial charge in [0.2, 0.25) is 15.2 Å². The first-order valence-electron chi connectivity index (χ1n) is 7.14. The highest BCUT2D eigenvalue weighted by Gasteiger charge is 2.24. The molecule has 0 bridgehead atoms. The number of nitrogens with zero attached hydrogens (tertiary/aromatic N) is 3. The first kappa shape index (κ1) is 18.0. The van der Waals surface area contributed by atoms with Gasteiger partial charge in [-0.15, -0.1) is 21.5 Å². The Morgan fingerprint density at radius 2 is 1.96 bits per heavy atom. The standard InChI is InChI=1S/C13H18N4O3S3/c1-4-11-15-16-13(22-11)14-12(18)10-7-9(8-21-10)23(19,20)17(5-2)6-3/h7-8H,4-6H2,1-3H3,(H,14,16,18). The maximum Gasteiger partial charge on any atom is 0.267 e. The Balaban J connectivity index is 2.16. The fourth-order valence-electron chi connectivity index (χ4n) is 1.89. The van der Waals surface area contributed by atoms with E-state index in [0.717, 1.165) is 22.8 Å². The quantitative estimate of drug-likeness (QED) is 0.803. The normalized spacial score (nSPS) is 11.8. The summed E-state index contributed by atoms with van der Waals surface area (Å²) >= 11 is 2.40. The molecule has 2 aromatic rings. The number of nitrogens with one attached hydrogen (secondary N) is 1. The van der Waals surface area contributed by atoms with Crippen LogP contribution in [-0.4, -0.2) is 41.9 Å². The molecule has 2 heterocycles. The summed E-state index contributed by atoms with van der Waals surface area (Å²) in [7, 11) is -3.55. The zero-order chi connectivity index (χ0) is 17.0. The van der Waals surface area contributed by atoms with E-state index in [2.05, 4.69) is 15.5 Å². The lowest BCUT2D eigenvalue weighted by molar-refractivity contribution is 0.103. The van der Waals surface area contributed by atoms with Crippen LogP contribution in [0.3, 0.4) is 0 Å². The van der Waals surface area contributed by atoms with Crippen LogP contribution < -0.4 is 5.32 Å². The first-order chi connectivity index (χ1) is 10.9. The van der Waals surface area contributed by atoms with Crippen molar-refractivity contribution >= 4 is 43.7 Å². The van der Waals surface area contributed by atoms with Crippen LogP contribution in [0.4, 0.5) is 5.13 Å². The average Bonchev–Trinajstić information content (AvgIpc) is 3.17. The third-order valence-electron chi connectivity index (χ3n) is 3.13. The summed E-state index contributed by atoms with van der Waals surface area (Å²) in [6.07, 6.45) is 0.749. The van der Waals surface area contributed by atoms with Crippen molar-refractivity contribution in [2.75, 3.05) is 18.4 Å². The van der Waals surface area contributed by atoms with Crippen molar-refractivity contribution in [2.24, 2.45) is 0 Å². The number of thiophene rings is 1. The van der Waals surface area contributed by atoms with Gasteiger partial charge in [0.15, 0.2) is 0 Å². The van der Waals surface area contributed by atoms with Gasteiger partial charge >= 0.3 is 0 Å².